The molecule has 2 rings (SSSR count). The summed E-state index contributed by atoms with van der Waals surface area (Å²) in [4.78, 5) is 13.2. The van der Waals surface area contributed by atoms with Gasteiger partial charge in [0.15, 0.2) is 0 Å². The van der Waals surface area contributed by atoms with Crippen LogP contribution in [0.3, 0.4) is 0 Å². The number of benzene rings is 1. The number of hydrogen-bond acceptors (Lipinski definition) is 2. The molecule has 0 N–H and O–H groups in total. The minimum absolute atomic E-state index is 0.0806. The van der Waals surface area contributed by atoms with Gasteiger partial charge in [0.25, 0.3) is 0 Å². The number of carbonyl (C=O) groups is 1. The van der Waals surface area contributed by atoms with Gasteiger partial charge < -0.3 is 9.64 Å². The van der Waals surface area contributed by atoms with Crippen LogP contribution in [0.2, 0.25) is 0 Å². The van der Waals surface area contributed by atoms with Gasteiger partial charge in [0.05, 0.1) is 25.2 Å². The first-order valence-electron chi connectivity index (χ1n) is 6.09. The molecular formula is C13H13F4NO2. The Balaban J connectivity index is 2.14. The Labute approximate surface area is 113 Å². The molecule has 0 spiro atoms. The number of rotatable bonds is 2. The zero-order chi connectivity index (χ0) is 14.8. The SMILES string of the molecule is O=C1CCOCCN1Cc1ccc(C(F)(F)F)c(F)c1. The van der Waals surface area contributed by atoms with Crippen molar-refractivity contribution in [3.8, 4) is 0 Å². The number of nitrogens with zero attached hydrogens (tertiary/aromatic N) is 1. The first-order valence-corrected chi connectivity index (χ1v) is 6.09. The molecule has 0 unspecified atom stereocenters. The van der Waals surface area contributed by atoms with Gasteiger partial charge in [-0.25, -0.2) is 4.39 Å². The lowest BCUT2D eigenvalue weighted by Crippen LogP contribution is -2.31. The minimum atomic E-state index is -4.71. The Morgan fingerprint density at radius 1 is 1.25 bits per heavy atom. The van der Waals surface area contributed by atoms with Crippen molar-refractivity contribution in [2.24, 2.45) is 0 Å². The average molecular weight is 291 g/mol. The maximum Gasteiger partial charge on any atom is 0.419 e. The number of ether oxygens (including phenoxy) is 1. The van der Waals surface area contributed by atoms with E-state index in [0.717, 1.165) is 6.07 Å². The van der Waals surface area contributed by atoms with E-state index < -0.39 is 17.6 Å². The zero-order valence-electron chi connectivity index (χ0n) is 10.5. The van der Waals surface area contributed by atoms with E-state index in [1.807, 2.05) is 0 Å². The van der Waals surface area contributed by atoms with Gasteiger partial charge in [0, 0.05) is 13.1 Å². The molecule has 1 aliphatic rings. The van der Waals surface area contributed by atoms with Crippen LogP contribution in [0.5, 0.6) is 0 Å². The van der Waals surface area contributed by atoms with Crippen LogP contribution in [0, 0.1) is 5.82 Å². The van der Waals surface area contributed by atoms with Crippen LogP contribution in [-0.2, 0) is 22.3 Å². The third kappa shape index (κ3) is 3.47. The monoisotopic (exact) mass is 291 g/mol. The second kappa shape index (κ2) is 5.78. The molecule has 1 aromatic rings. The van der Waals surface area contributed by atoms with Crippen LogP contribution in [-0.4, -0.2) is 30.6 Å². The Morgan fingerprint density at radius 3 is 2.65 bits per heavy atom. The summed E-state index contributed by atoms with van der Waals surface area (Å²) in [5.41, 5.74) is -0.975. The van der Waals surface area contributed by atoms with Crippen LogP contribution in [0.15, 0.2) is 18.2 Å². The summed E-state index contributed by atoms with van der Waals surface area (Å²) in [5.74, 6) is -1.48. The summed E-state index contributed by atoms with van der Waals surface area (Å²) < 4.78 is 55.9. The third-order valence-corrected chi connectivity index (χ3v) is 3.03. The quantitative estimate of drug-likeness (QED) is 0.784. The smallest absolute Gasteiger partial charge is 0.379 e. The van der Waals surface area contributed by atoms with E-state index in [1.165, 1.54) is 11.0 Å². The molecule has 20 heavy (non-hydrogen) atoms. The van der Waals surface area contributed by atoms with Crippen molar-refractivity contribution in [2.75, 3.05) is 19.8 Å². The Morgan fingerprint density at radius 2 is 2.00 bits per heavy atom. The Bertz CT molecular complexity index is 502. The summed E-state index contributed by atoms with van der Waals surface area (Å²) in [5, 5.41) is 0. The molecule has 0 radical (unpaired) electrons. The van der Waals surface area contributed by atoms with E-state index in [2.05, 4.69) is 0 Å². The van der Waals surface area contributed by atoms with Gasteiger partial charge in [-0.15, -0.1) is 0 Å². The van der Waals surface area contributed by atoms with Crippen molar-refractivity contribution < 1.29 is 27.1 Å². The predicted molar refractivity (Wildman–Crippen MR) is 62.3 cm³/mol. The Hall–Kier alpha value is -1.63. The van der Waals surface area contributed by atoms with Gasteiger partial charge in [-0.05, 0) is 17.7 Å². The van der Waals surface area contributed by atoms with E-state index in [1.54, 1.807) is 0 Å². The fourth-order valence-corrected chi connectivity index (χ4v) is 1.99. The van der Waals surface area contributed by atoms with Crippen molar-refractivity contribution >= 4 is 5.91 Å². The van der Waals surface area contributed by atoms with Crippen LogP contribution < -0.4 is 0 Å². The molecule has 1 amide bonds. The van der Waals surface area contributed by atoms with E-state index in [0.29, 0.717) is 31.4 Å². The molecule has 3 nitrogen and oxygen atoms in total. The number of carbonyl (C=O) groups excluding carboxylic acids is 1. The first-order chi connectivity index (χ1) is 9.38. The van der Waals surface area contributed by atoms with E-state index in [4.69, 9.17) is 4.74 Å². The average Bonchev–Trinajstić information content (AvgIpc) is 2.53. The largest absolute Gasteiger partial charge is 0.419 e. The highest BCUT2D eigenvalue weighted by molar-refractivity contribution is 5.76. The van der Waals surface area contributed by atoms with Gasteiger partial charge in [0.1, 0.15) is 5.82 Å². The molecule has 1 aliphatic heterocycles. The molecule has 1 aromatic carbocycles. The molecule has 1 saturated heterocycles. The summed E-state index contributed by atoms with van der Waals surface area (Å²) in [7, 11) is 0. The van der Waals surface area contributed by atoms with Gasteiger partial charge >= 0.3 is 6.18 Å². The van der Waals surface area contributed by atoms with Crippen molar-refractivity contribution in [2.45, 2.75) is 19.1 Å². The summed E-state index contributed by atoms with van der Waals surface area (Å²) in [6.07, 6.45) is -4.49. The van der Waals surface area contributed by atoms with Crippen molar-refractivity contribution in [3.05, 3.63) is 35.1 Å². The summed E-state index contributed by atoms with van der Waals surface area (Å²) in [6.45, 7) is 1.13. The fraction of sp³-hybridized carbons (Fsp3) is 0.462. The normalized spacial score (nSPS) is 17.2. The van der Waals surface area contributed by atoms with Crippen molar-refractivity contribution in [3.63, 3.8) is 0 Å². The lowest BCUT2D eigenvalue weighted by molar-refractivity contribution is -0.140. The molecule has 0 atom stereocenters. The van der Waals surface area contributed by atoms with Gasteiger partial charge in [-0.1, -0.05) is 6.07 Å². The highest BCUT2D eigenvalue weighted by atomic mass is 19.4. The van der Waals surface area contributed by atoms with Crippen LogP contribution in [0.4, 0.5) is 17.6 Å². The van der Waals surface area contributed by atoms with E-state index in [-0.39, 0.29) is 18.9 Å². The van der Waals surface area contributed by atoms with Gasteiger partial charge in [0.2, 0.25) is 5.91 Å². The second-order valence-corrected chi connectivity index (χ2v) is 4.49. The van der Waals surface area contributed by atoms with Crippen LogP contribution in [0.25, 0.3) is 0 Å². The molecule has 0 aromatic heterocycles. The number of amides is 1. The molecule has 7 heteroatoms. The highest BCUT2D eigenvalue weighted by Gasteiger charge is 2.34. The molecule has 0 aliphatic carbocycles. The maximum absolute atomic E-state index is 13.4. The summed E-state index contributed by atoms with van der Waals surface area (Å²) >= 11 is 0. The van der Waals surface area contributed by atoms with E-state index >= 15 is 0 Å². The van der Waals surface area contributed by atoms with Crippen LogP contribution in [0.1, 0.15) is 17.5 Å². The second-order valence-electron chi connectivity index (χ2n) is 4.49. The topological polar surface area (TPSA) is 29.5 Å². The van der Waals surface area contributed by atoms with Crippen LogP contribution >= 0.6 is 0 Å². The lowest BCUT2D eigenvalue weighted by Gasteiger charge is -2.20. The van der Waals surface area contributed by atoms with Gasteiger partial charge in [-0.2, -0.15) is 13.2 Å². The van der Waals surface area contributed by atoms with E-state index in [9.17, 15) is 22.4 Å². The van der Waals surface area contributed by atoms with Crippen molar-refractivity contribution in [1.29, 1.82) is 0 Å². The highest BCUT2D eigenvalue weighted by Crippen LogP contribution is 2.31. The molecule has 110 valence electrons. The first kappa shape index (κ1) is 14.8. The fourth-order valence-electron chi connectivity index (χ4n) is 1.99. The number of halogens is 4. The third-order valence-electron chi connectivity index (χ3n) is 3.03. The lowest BCUT2D eigenvalue weighted by atomic mass is 10.1. The maximum atomic E-state index is 13.4. The summed E-state index contributed by atoms with van der Waals surface area (Å²) in [6, 6.07) is 2.70. The number of hydrogen-bond donors (Lipinski definition) is 0. The number of alkyl halides is 3. The molecule has 0 bridgehead atoms. The molecular weight excluding hydrogens is 278 g/mol. The van der Waals surface area contributed by atoms with Gasteiger partial charge in [-0.3, -0.25) is 4.79 Å². The molecule has 1 heterocycles. The standard InChI is InChI=1S/C13H13F4NO2/c14-11-7-9(1-2-10(11)13(15,16)17)8-18-4-6-20-5-3-12(18)19/h1-2,7H,3-6,8H2. The Kier molecular flexibility index (Phi) is 4.27. The molecule has 0 saturated carbocycles. The van der Waals surface area contributed by atoms with Crippen molar-refractivity contribution in [1.82, 2.24) is 4.90 Å². The minimum Gasteiger partial charge on any atom is -0.379 e. The predicted octanol–water partition coefficient (Wildman–Crippen LogP) is 2.59. The zero-order valence-corrected chi connectivity index (χ0v) is 10.5. The molecule has 1 fully saturated rings.